The normalized spacial score (nSPS) is 10.6. The lowest BCUT2D eigenvalue weighted by molar-refractivity contribution is -0.385. The molecule has 0 unspecified atom stereocenters. The number of aromatic carboxylic acids is 1. The van der Waals surface area contributed by atoms with Crippen molar-refractivity contribution in [2.75, 3.05) is 0 Å². The van der Waals surface area contributed by atoms with Crippen molar-refractivity contribution in [1.29, 1.82) is 0 Å². The number of aryl methyl sites for hydroxylation is 1. The lowest BCUT2D eigenvalue weighted by atomic mass is 10.1. The highest BCUT2D eigenvalue weighted by atomic mass is 16.6. The van der Waals surface area contributed by atoms with Gasteiger partial charge in [-0.2, -0.15) is 5.10 Å². The van der Waals surface area contributed by atoms with Crippen molar-refractivity contribution >= 4 is 11.7 Å². The van der Waals surface area contributed by atoms with Crippen LogP contribution in [0.1, 0.15) is 32.9 Å². The van der Waals surface area contributed by atoms with Crippen molar-refractivity contribution in [3.05, 3.63) is 56.4 Å². The van der Waals surface area contributed by atoms with E-state index in [1.807, 2.05) is 20.8 Å². The summed E-state index contributed by atoms with van der Waals surface area (Å²) in [5.41, 5.74) is 2.47. The number of hydrogen-bond donors (Lipinski definition) is 1. The highest BCUT2D eigenvalue weighted by Crippen LogP contribution is 2.24. The Bertz CT molecular complexity index is 734. The summed E-state index contributed by atoms with van der Waals surface area (Å²) in [4.78, 5) is 21.7. The van der Waals surface area contributed by atoms with Crippen molar-refractivity contribution in [1.82, 2.24) is 9.78 Å². The van der Waals surface area contributed by atoms with Crippen LogP contribution in [-0.4, -0.2) is 25.8 Å². The fourth-order valence-corrected chi connectivity index (χ4v) is 2.22. The summed E-state index contributed by atoms with van der Waals surface area (Å²) in [7, 11) is 0. The topological polar surface area (TPSA) is 98.3 Å². The van der Waals surface area contributed by atoms with Gasteiger partial charge in [-0.05, 0) is 31.9 Å². The maximum Gasteiger partial charge on any atom is 0.343 e. The van der Waals surface area contributed by atoms with Crippen LogP contribution >= 0.6 is 0 Å². The van der Waals surface area contributed by atoms with E-state index in [9.17, 15) is 20.0 Å². The molecule has 2 aromatic rings. The van der Waals surface area contributed by atoms with E-state index in [4.69, 9.17) is 0 Å². The first-order valence-electron chi connectivity index (χ1n) is 6.33. The van der Waals surface area contributed by atoms with E-state index in [0.717, 1.165) is 17.0 Å². The molecule has 1 aromatic heterocycles. The third kappa shape index (κ3) is 2.62. The Balaban J connectivity index is 2.54. The maximum atomic E-state index is 11.4. The standard InChI is InChI=1S/C14H15N3O4/c1-8-9(2)15-16(10(8)3)7-11-5-4-6-12(17(20)21)13(11)14(18)19/h4-6H,7H2,1-3H3,(H,18,19). The quantitative estimate of drug-likeness (QED) is 0.688. The molecule has 1 N–H and O–H groups in total. The van der Waals surface area contributed by atoms with Crippen LogP contribution in [0.4, 0.5) is 5.69 Å². The number of carboxylic acids is 1. The summed E-state index contributed by atoms with van der Waals surface area (Å²) in [5.74, 6) is -1.31. The van der Waals surface area contributed by atoms with Gasteiger partial charge in [0.1, 0.15) is 5.56 Å². The number of aromatic nitrogens is 2. The molecule has 1 aromatic carbocycles. The van der Waals surface area contributed by atoms with Crippen LogP contribution in [0.25, 0.3) is 0 Å². The van der Waals surface area contributed by atoms with Crippen LogP contribution in [0, 0.1) is 30.9 Å². The minimum Gasteiger partial charge on any atom is -0.477 e. The van der Waals surface area contributed by atoms with Crippen molar-refractivity contribution in [3.63, 3.8) is 0 Å². The second kappa shape index (κ2) is 5.35. The number of nitrogens with zero attached hydrogens (tertiary/aromatic N) is 3. The minimum absolute atomic E-state index is 0.184. The highest BCUT2D eigenvalue weighted by molar-refractivity contribution is 5.94. The summed E-state index contributed by atoms with van der Waals surface area (Å²) < 4.78 is 1.66. The fourth-order valence-electron chi connectivity index (χ4n) is 2.22. The zero-order chi connectivity index (χ0) is 15.7. The molecule has 0 aliphatic rings. The molecular formula is C14H15N3O4. The molecule has 110 valence electrons. The Morgan fingerprint density at radius 1 is 1.38 bits per heavy atom. The second-order valence-corrected chi connectivity index (χ2v) is 4.83. The van der Waals surface area contributed by atoms with Gasteiger partial charge in [-0.25, -0.2) is 4.79 Å². The number of rotatable bonds is 4. The third-order valence-electron chi connectivity index (χ3n) is 3.60. The first-order valence-corrected chi connectivity index (χ1v) is 6.33. The van der Waals surface area contributed by atoms with E-state index in [-0.39, 0.29) is 12.1 Å². The molecule has 0 aliphatic carbocycles. The van der Waals surface area contributed by atoms with Gasteiger partial charge in [0, 0.05) is 11.8 Å². The van der Waals surface area contributed by atoms with Crippen molar-refractivity contribution in [2.45, 2.75) is 27.3 Å². The van der Waals surface area contributed by atoms with Gasteiger partial charge in [-0.15, -0.1) is 0 Å². The molecule has 0 fully saturated rings. The Morgan fingerprint density at radius 3 is 2.52 bits per heavy atom. The number of carboxylic acid groups (broad SMARTS) is 1. The monoisotopic (exact) mass is 289 g/mol. The van der Waals surface area contributed by atoms with Crippen LogP contribution in [0.3, 0.4) is 0 Å². The first kappa shape index (κ1) is 14.7. The first-order chi connectivity index (χ1) is 9.82. The van der Waals surface area contributed by atoms with Gasteiger partial charge in [0.25, 0.3) is 5.69 Å². The molecule has 0 saturated carbocycles. The summed E-state index contributed by atoms with van der Waals surface area (Å²) >= 11 is 0. The molecular weight excluding hydrogens is 274 g/mol. The maximum absolute atomic E-state index is 11.4. The molecule has 1 heterocycles. The van der Waals surface area contributed by atoms with Crippen LogP contribution in [0.15, 0.2) is 18.2 Å². The summed E-state index contributed by atoms with van der Waals surface area (Å²) in [6, 6.07) is 4.25. The minimum atomic E-state index is -1.31. The predicted octanol–water partition coefficient (Wildman–Crippen LogP) is 2.46. The number of nitro benzene ring substituents is 1. The molecule has 0 amide bonds. The molecule has 0 radical (unpaired) electrons. The summed E-state index contributed by atoms with van der Waals surface area (Å²) in [5, 5.41) is 24.6. The van der Waals surface area contributed by atoms with Gasteiger partial charge < -0.3 is 5.11 Å². The molecule has 7 heteroatoms. The second-order valence-electron chi connectivity index (χ2n) is 4.83. The number of benzene rings is 1. The molecule has 0 bridgehead atoms. The summed E-state index contributed by atoms with van der Waals surface area (Å²) in [6.45, 7) is 5.86. The largest absolute Gasteiger partial charge is 0.477 e. The van der Waals surface area contributed by atoms with E-state index >= 15 is 0 Å². The lowest BCUT2D eigenvalue weighted by Gasteiger charge is -2.08. The zero-order valence-corrected chi connectivity index (χ0v) is 12.0. The van der Waals surface area contributed by atoms with E-state index in [1.165, 1.54) is 12.1 Å². The average Bonchev–Trinajstić information content (AvgIpc) is 2.65. The van der Waals surface area contributed by atoms with Gasteiger partial charge >= 0.3 is 5.97 Å². The average molecular weight is 289 g/mol. The number of carbonyl (C=O) groups is 1. The van der Waals surface area contributed by atoms with E-state index < -0.39 is 16.6 Å². The van der Waals surface area contributed by atoms with Gasteiger partial charge in [0.05, 0.1) is 17.2 Å². The Morgan fingerprint density at radius 2 is 2.05 bits per heavy atom. The van der Waals surface area contributed by atoms with E-state index in [1.54, 1.807) is 10.7 Å². The van der Waals surface area contributed by atoms with Crippen molar-refractivity contribution in [3.8, 4) is 0 Å². The van der Waals surface area contributed by atoms with E-state index in [0.29, 0.717) is 5.56 Å². The number of nitro groups is 1. The number of hydrogen-bond acceptors (Lipinski definition) is 4. The van der Waals surface area contributed by atoms with Crippen LogP contribution in [0.5, 0.6) is 0 Å². The van der Waals surface area contributed by atoms with Gasteiger partial charge in [0.2, 0.25) is 0 Å². The van der Waals surface area contributed by atoms with E-state index in [2.05, 4.69) is 5.10 Å². The summed E-state index contributed by atoms with van der Waals surface area (Å²) in [6.07, 6.45) is 0. The van der Waals surface area contributed by atoms with Gasteiger partial charge in [0.15, 0.2) is 0 Å². The molecule has 0 atom stereocenters. The molecule has 7 nitrogen and oxygen atoms in total. The Hall–Kier alpha value is -2.70. The fraction of sp³-hybridized carbons (Fsp3) is 0.286. The molecule has 0 spiro atoms. The molecule has 21 heavy (non-hydrogen) atoms. The predicted molar refractivity (Wildman–Crippen MR) is 75.6 cm³/mol. The lowest BCUT2D eigenvalue weighted by Crippen LogP contribution is -2.12. The third-order valence-corrected chi connectivity index (χ3v) is 3.60. The van der Waals surface area contributed by atoms with Crippen molar-refractivity contribution < 1.29 is 14.8 Å². The van der Waals surface area contributed by atoms with Crippen LogP contribution < -0.4 is 0 Å². The SMILES string of the molecule is Cc1nn(Cc2cccc([N+](=O)[O-])c2C(=O)O)c(C)c1C. The zero-order valence-electron chi connectivity index (χ0n) is 12.0. The molecule has 0 aliphatic heterocycles. The van der Waals surface area contributed by atoms with Crippen molar-refractivity contribution in [2.24, 2.45) is 0 Å². The van der Waals surface area contributed by atoms with Crippen LogP contribution in [-0.2, 0) is 6.54 Å². The molecule has 2 rings (SSSR count). The Labute approximate surface area is 121 Å². The van der Waals surface area contributed by atoms with Gasteiger partial charge in [-0.1, -0.05) is 12.1 Å². The highest BCUT2D eigenvalue weighted by Gasteiger charge is 2.24. The van der Waals surface area contributed by atoms with Crippen LogP contribution in [0.2, 0.25) is 0 Å². The smallest absolute Gasteiger partial charge is 0.343 e. The Kier molecular flexibility index (Phi) is 3.75. The molecule has 0 saturated heterocycles. The van der Waals surface area contributed by atoms with Gasteiger partial charge in [-0.3, -0.25) is 14.8 Å².